The van der Waals surface area contributed by atoms with E-state index >= 15 is 0 Å². The number of hydrogen-bond donors (Lipinski definition) is 1. The molecule has 0 fully saturated rings. The van der Waals surface area contributed by atoms with Crippen molar-refractivity contribution in [1.82, 2.24) is 0 Å². The van der Waals surface area contributed by atoms with Crippen molar-refractivity contribution >= 4 is 15.9 Å². The molecule has 0 aliphatic rings. The van der Waals surface area contributed by atoms with Gasteiger partial charge in [0.15, 0.2) is 6.79 Å². The second-order valence-corrected chi connectivity index (χ2v) is 4.92. The summed E-state index contributed by atoms with van der Waals surface area (Å²) in [6.07, 6.45) is 0. The summed E-state index contributed by atoms with van der Waals surface area (Å²) in [6.45, 7) is 1.28. The third-order valence-electron chi connectivity index (χ3n) is 2.64. The van der Waals surface area contributed by atoms with Crippen LogP contribution >= 0.6 is 15.9 Å². The van der Waals surface area contributed by atoms with Crippen LogP contribution in [0.4, 0.5) is 0 Å². The molecule has 2 aromatic carbocycles. The predicted molar refractivity (Wildman–Crippen MR) is 78.8 cm³/mol. The highest BCUT2D eigenvalue weighted by Crippen LogP contribution is 2.25. The van der Waals surface area contributed by atoms with Gasteiger partial charge in [0.05, 0.1) is 11.1 Å². The molecule has 0 bridgehead atoms. The minimum atomic E-state index is 0.218. The monoisotopic (exact) mass is 321 g/mol. The van der Waals surface area contributed by atoms with Crippen LogP contribution in [0.5, 0.6) is 5.75 Å². The molecule has 100 valence electrons. The average Bonchev–Trinajstić information content (AvgIpc) is 2.46. The summed E-state index contributed by atoms with van der Waals surface area (Å²) < 4.78 is 11.9. The fraction of sp³-hybridized carbons (Fsp3) is 0.200. The maximum atomic E-state index is 5.57. The van der Waals surface area contributed by atoms with Gasteiger partial charge in [-0.2, -0.15) is 0 Å². The van der Waals surface area contributed by atoms with Crippen LogP contribution in [0.15, 0.2) is 53.0 Å². The number of ether oxygens (including phenoxy) is 2. The maximum absolute atomic E-state index is 5.57. The number of halogens is 1. The first-order valence-electron chi connectivity index (χ1n) is 6.02. The molecular formula is C15H16BrNO2. The lowest BCUT2D eigenvalue weighted by molar-refractivity contribution is 0.00463. The first-order chi connectivity index (χ1) is 9.29. The molecule has 3 nitrogen and oxygen atoms in total. The van der Waals surface area contributed by atoms with Gasteiger partial charge in [-0.1, -0.05) is 36.4 Å². The van der Waals surface area contributed by atoms with Crippen LogP contribution in [0.1, 0.15) is 11.1 Å². The number of nitrogens with two attached hydrogens (primary N) is 1. The Morgan fingerprint density at radius 1 is 1.00 bits per heavy atom. The van der Waals surface area contributed by atoms with E-state index in [0.29, 0.717) is 13.2 Å². The Morgan fingerprint density at radius 2 is 1.79 bits per heavy atom. The minimum absolute atomic E-state index is 0.218. The van der Waals surface area contributed by atoms with Crippen molar-refractivity contribution in [2.45, 2.75) is 13.2 Å². The minimum Gasteiger partial charge on any atom is -0.466 e. The quantitative estimate of drug-likeness (QED) is 0.654. The zero-order valence-electron chi connectivity index (χ0n) is 10.5. The Labute approximate surface area is 121 Å². The van der Waals surface area contributed by atoms with Gasteiger partial charge in [-0.3, -0.25) is 0 Å². The summed E-state index contributed by atoms with van der Waals surface area (Å²) in [5, 5.41) is 0. The molecule has 0 saturated carbocycles. The van der Waals surface area contributed by atoms with Crippen LogP contribution in [0.2, 0.25) is 0 Å². The second-order valence-electron chi connectivity index (χ2n) is 4.07. The lowest BCUT2D eigenvalue weighted by Gasteiger charge is -2.10. The van der Waals surface area contributed by atoms with Crippen LogP contribution in [0, 0.1) is 0 Å². The molecule has 0 spiro atoms. The zero-order valence-corrected chi connectivity index (χ0v) is 12.1. The van der Waals surface area contributed by atoms with E-state index < -0.39 is 0 Å². The van der Waals surface area contributed by atoms with Crippen molar-refractivity contribution in [3.8, 4) is 5.75 Å². The largest absolute Gasteiger partial charge is 0.466 e. The number of benzene rings is 2. The average molecular weight is 322 g/mol. The highest BCUT2D eigenvalue weighted by atomic mass is 79.9. The van der Waals surface area contributed by atoms with Crippen LogP contribution in [-0.2, 0) is 17.9 Å². The van der Waals surface area contributed by atoms with Crippen LogP contribution in [0.3, 0.4) is 0 Å². The summed E-state index contributed by atoms with van der Waals surface area (Å²) >= 11 is 3.45. The smallest absolute Gasteiger partial charge is 0.189 e. The maximum Gasteiger partial charge on any atom is 0.189 e. The van der Waals surface area contributed by atoms with Crippen molar-refractivity contribution < 1.29 is 9.47 Å². The molecule has 0 aliphatic heterocycles. The van der Waals surface area contributed by atoms with E-state index in [0.717, 1.165) is 21.3 Å². The molecule has 0 atom stereocenters. The Morgan fingerprint density at radius 3 is 2.47 bits per heavy atom. The molecule has 2 aromatic rings. The van der Waals surface area contributed by atoms with Crippen molar-refractivity contribution in [1.29, 1.82) is 0 Å². The van der Waals surface area contributed by atoms with E-state index in [-0.39, 0.29) is 6.79 Å². The fourth-order valence-electron chi connectivity index (χ4n) is 1.63. The van der Waals surface area contributed by atoms with Gasteiger partial charge < -0.3 is 15.2 Å². The molecule has 19 heavy (non-hydrogen) atoms. The van der Waals surface area contributed by atoms with Crippen LogP contribution < -0.4 is 10.5 Å². The summed E-state index contributed by atoms with van der Waals surface area (Å²) in [5.74, 6) is 0.755. The molecule has 0 unspecified atom stereocenters. The van der Waals surface area contributed by atoms with E-state index in [2.05, 4.69) is 15.9 Å². The zero-order chi connectivity index (χ0) is 13.5. The first kappa shape index (κ1) is 14.1. The molecule has 0 amide bonds. The van der Waals surface area contributed by atoms with Crippen molar-refractivity contribution in [2.24, 2.45) is 5.73 Å². The number of hydrogen-bond acceptors (Lipinski definition) is 3. The highest BCUT2D eigenvalue weighted by molar-refractivity contribution is 9.10. The molecule has 2 N–H and O–H groups in total. The molecule has 2 rings (SSSR count). The Hall–Kier alpha value is -1.36. The van der Waals surface area contributed by atoms with E-state index in [9.17, 15) is 0 Å². The summed E-state index contributed by atoms with van der Waals surface area (Å²) in [4.78, 5) is 0. The second kappa shape index (κ2) is 7.28. The van der Waals surface area contributed by atoms with Gasteiger partial charge in [-0.05, 0) is 39.2 Å². The van der Waals surface area contributed by atoms with Crippen LogP contribution in [0.25, 0.3) is 0 Å². The summed E-state index contributed by atoms with van der Waals surface area (Å²) in [7, 11) is 0. The SMILES string of the molecule is NCc1ccc(OCOCc2ccccc2)c(Br)c1. The molecular weight excluding hydrogens is 306 g/mol. The van der Waals surface area contributed by atoms with Gasteiger partial charge in [0, 0.05) is 6.54 Å². The molecule has 0 radical (unpaired) electrons. The van der Waals surface area contributed by atoms with E-state index in [1.165, 1.54) is 0 Å². The van der Waals surface area contributed by atoms with Gasteiger partial charge in [-0.15, -0.1) is 0 Å². The van der Waals surface area contributed by atoms with Crippen molar-refractivity contribution in [3.05, 3.63) is 64.1 Å². The Kier molecular flexibility index (Phi) is 5.39. The lowest BCUT2D eigenvalue weighted by Crippen LogP contribution is -2.04. The molecule has 0 aromatic heterocycles. The Balaban J connectivity index is 1.80. The third-order valence-corrected chi connectivity index (χ3v) is 3.26. The summed E-state index contributed by atoms with van der Waals surface area (Å²) in [5.41, 5.74) is 7.76. The molecule has 0 aliphatic carbocycles. The Bertz CT molecular complexity index is 517. The van der Waals surface area contributed by atoms with Gasteiger partial charge >= 0.3 is 0 Å². The lowest BCUT2D eigenvalue weighted by atomic mass is 10.2. The van der Waals surface area contributed by atoms with E-state index in [4.69, 9.17) is 15.2 Å². The molecule has 0 heterocycles. The summed E-state index contributed by atoms with van der Waals surface area (Å²) in [6, 6.07) is 15.8. The predicted octanol–water partition coefficient (Wildman–Crippen LogP) is 3.46. The fourth-order valence-corrected chi connectivity index (χ4v) is 2.17. The van der Waals surface area contributed by atoms with Gasteiger partial charge in [0.2, 0.25) is 0 Å². The van der Waals surface area contributed by atoms with Crippen molar-refractivity contribution in [3.63, 3.8) is 0 Å². The number of rotatable bonds is 6. The third kappa shape index (κ3) is 4.35. The molecule has 0 saturated heterocycles. The molecule has 4 heteroatoms. The van der Waals surface area contributed by atoms with E-state index in [1.54, 1.807) is 0 Å². The highest BCUT2D eigenvalue weighted by Gasteiger charge is 2.02. The normalized spacial score (nSPS) is 10.4. The van der Waals surface area contributed by atoms with Gasteiger partial charge in [0.25, 0.3) is 0 Å². The van der Waals surface area contributed by atoms with Crippen molar-refractivity contribution in [2.75, 3.05) is 6.79 Å². The van der Waals surface area contributed by atoms with Gasteiger partial charge in [-0.25, -0.2) is 0 Å². The standard InChI is InChI=1S/C15H16BrNO2/c16-14-8-13(9-17)6-7-15(14)19-11-18-10-12-4-2-1-3-5-12/h1-8H,9-11,17H2. The van der Waals surface area contributed by atoms with E-state index in [1.807, 2.05) is 48.5 Å². The van der Waals surface area contributed by atoms with Crippen LogP contribution in [-0.4, -0.2) is 6.79 Å². The van der Waals surface area contributed by atoms with Gasteiger partial charge in [0.1, 0.15) is 5.75 Å². The first-order valence-corrected chi connectivity index (χ1v) is 6.82. The topological polar surface area (TPSA) is 44.5 Å².